The molecule has 5 rings (SSSR count). The number of pyridine rings is 1. The number of aromatic nitrogens is 3. The third kappa shape index (κ3) is 6.33. The standard InChI is InChI=1S/C32H40N6O2/c1-23-9-11-24(12-10-23)21-28-26-7-5-6-8-27(26)31(36-35-28)38-18-16-37(17-19-38)29-14-13-25(22-33-29)32(2,3)34-30(39)15-20-40-4/h5-9,11-14,22-23H,10,15-21H2,1-4H3,(H,34,39). The fraction of sp³-hybridized carbons (Fsp3) is 0.438. The van der Waals surface area contributed by atoms with Crippen LogP contribution in [0.4, 0.5) is 11.6 Å². The predicted octanol–water partition coefficient (Wildman–Crippen LogP) is 4.80. The van der Waals surface area contributed by atoms with Gasteiger partial charge in [0.25, 0.3) is 0 Å². The molecule has 1 aliphatic carbocycles. The van der Waals surface area contributed by atoms with E-state index < -0.39 is 5.54 Å². The Bertz CT molecular complexity index is 1390. The lowest BCUT2D eigenvalue weighted by molar-refractivity contribution is -0.123. The third-order valence-electron chi connectivity index (χ3n) is 7.86. The van der Waals surface area contributed by atoms with Gasteiger partial charge < -0.3 is 19.9 Å². The van der Waals surface area contributed by atoms with Crippen LogP contribution in [0.5, 0.6) is 0 Å². The van der Waals surface area contributed by atoms with E-state index in [1.165, 1.54) is 11.0 Å². The van der Waals surface area contributed by atoms with Gasteiger partial charge in [-0.05, 0) is 43.4 Å². The number of fused-ring (bicyclic) bond motifs is 1. The summed E-state index contributed by atoms with van der Waals surface area (Å²) in [5.41, 5.74) is 2.81. The molecule has 0 radical (unpaired) electrons. The summed E-state index contributed by atoms with van der Waals surface area (Å²) in [6, 6.07) is 12.6. The van der Waals surface area contributed by atoms with Crippen molar-refractivity contribution in [3.63, 3.8) is 0 Å². The number of allylic oxidation sites excluding steroid dienone is 4. The fourth-order valence-electron chi connectivity index (χ4n) is 5.37. The molecule has 210 valence electrons. The highest BCUT2D eigenvalue weighted by Gasteiger charge is 2.25. The molecule has 8 heteroatoms. The van der Waals surface area contributed by atoms with E-state index in [0.29, 0.717) is 18.9 Å². The molecule has 8 nitrogen and oxygen atoms in total. The van der Waals surface area contributed by atoms with Gasteiger partial charge in [0.15, 0.2) is 5.82 Å². The molecule has 0 spiro atoms. The smallest absolute Gasteiger partial charge is 0.222 e. The lowest BCUT2D eigenvalue weighted by Crippen LogP contribution is -2.47. The molecule has 2 aliphatic rings. The fourth-order valence-corrected chi connectivity index (χ4v) is 5.37. The number of ether oxygens (including phenoxy) is 1. The summed E-state index contributed by atoms with van der Waals surface area (Å²) < 4.78 is 5.01. The van der Waals surface area contributed by atoms with Crippen LogP contribution in [-0.2, 0) is 21.5 Å². The number of hydrogen-bond donors (Lipinski definition) is 1. The minimum Gasteiger partial charge on any atom is -0.384 e. The van der Waals surface area contributed by atoms with Crippen molar-refractivity contribution in [2.45, 2.75) is 45.6 Å². The molecule has 1 aliphatic heterocycles. The molecule has 1 N–H and O–H groups in total. The first kappa shape index (κ1) is 27.8. The second-order valence-electron chi connectivity index (χ2n) is 11.3. The van der Waals surface area contributed by atoms with E-state index in [2.05, 4.69) is 70.6 Å². The molecule has 1 saturated heterocycles. The van der Waals surface area contributed by atoms with Crippen molar-refractivity contribution >= 4 is 28.3 Å². The highest BCUT2D eigenvalue weighted by atomic mass is 16.5. The second-order valence-corrected chi connectivity index (χ2v) is 11.3. The number of carbonyl (C=O) groups excluding carboxylic acids is 1. The zero-order valence-electron chi connectivity index (χ0n) is 24.1. The summed E-state index contributed by atoms with van der Waals surface area (Å²) >= 11 is 0. The number of methoxy groups -OCH3 is 1. The van der Waals surface area contributed by atoms with E-state index in [4.69, 9.17) is 19.9 Å². The van der Waals surface area contributed by atoms with Crippen molar-refractivity contribution in [3.8, 4) is 0 Å². The summed E-state index contributed by atoms with van der Waals surface area (Å²) in [6.45, 7) is 10.0. The quantitative estimate of drug-likeness (QED) is 0.417. The first-order valence-electron chi connectivity index (χ1n) is 14.2. The third-order valence-corrected chi connectivity index (χ3v) is 7.86. The van der Waals surface area contributed by atoms with Crippen LogP contribution in [0.2, 0.25) is 0 Å². The maximum absolute atomic E-state index is 12.2. The Morgan fingerprint density at radius 2 is 1.80 bits per heavy atom. The average molecular weight is 541 g/mol. The van der Waals surface area contributed by atoms with Gasteiger partial charge in [0.2, 0.25) is 5.91 Å². The monoisotopic (exact) mass is 540 g/mol. The van der Waals surface area contributed by atoms with Gasteiger partial charge in [0, 0.05) is 63.1 Å². The van der Waals surface area contributed by atoms with Gasteiger partial charge in [0.05, 0.1) is 17.8 Å². The van der Waals surface area contributed by atoms with E-state index >= 15 is 0 Å². The van der Waals surface area contributed by atoms with Crippen LogP contribution in [0.15, 0.2) is 66.4 Å². The summed E-state index contributed by atoms with van der Waals surface area (Å²) in [6.07, 6.45) is 10.9. The number of hydrogen-bond acceptors (Lipinski definition) is 7. The van der Waals surface area contributed by atoms with Gasteiger partial charge >= 0.3 is 0 Å². The molecule has 3 aromatic rings. The largest absolute Gasteiger partial charge is 0.384 e. The molecular formula is C32H40N6O2. The number of carbonyl (C=O) groups is 1. The number of nitrogens with one attached hydrogen (secondary N) is 1. The van der Waals surface area contributed by atoms with Crippen molar-refractivity contribution in [2.24, 2.45) is 5.92 Å². The van der Waals surface area contributed by atoms with Gasteiger partial charge in [0.1, 0.15) is 5.82 Å². The minimum absolute atomic E-state index is 0.0340. The van der Waals surface area contributed by atoms with Crippen molar-refractivity contribution in [1.29, 1.82) is 0 Å². The molecule has 0 saturated carbocycles. The number of amides is 1. The van der Waals surface area contributed by atoms with Crippen molar-refractivity contribution in [2.75, 3.05) is 49.7 Å². The van der Waals surface area contributed by atoms with Gasteiger partial charge in [-0.3, -0.25) is 4.79 Å². The topological polar surface area (TPSA) is 83.5 Å². The SMILES string of the molecule is COCCC(=O)NC(C)(C)c1ccc(N2CCN(c3nnc(CC4=CCC(C)C=C4)c4ccccc34)CC2)nc1. The van der Waals surface area contributed by atoms with Crippen LogP contribution in [0.25, 0.3) is 10.8 Å². The molecule has 1 amide bonds. The summed E-state index contributed by atoms with van der Waals surface area (Å²) in [4.78, 5) is 21.6. The highest BCUT2D eigenvalue weighted by molar-refractivity contribution is 5.93. The van der Waals surface area contributed by atoms with E-state index in [1.807, 2.05) is 26.1 Å². The van der Waals surface area contributed by atoms with Crippen LogP contribution >= 0.6 is 0 Å². The zero-order chi connectivity index (χ0) is 28.1. The molecule has 40 heavy (non-hydrogen) atoms. The molecular weight excluding hydrogens is 500 g/mol. The summed E-state index contributed by atoms with van der Waals surface area (Å²) in [7, 11) is 1.60. The average Bonchev–Trinajstić information content (AvgIpc) is 2.97. The van der Waals surface area contributed by atoms with E-state index in [1.54, 1.807) is 7.11 Å². The van der Waals surface area contributed by atoms with Gasteiger partial charge in [-0.1, -0.05) is 55.5 Å². The van der Waals surface area contributed by atoms with E-state index in [-0.39, 0.29) is 5.91 Å². The lowest BCUT2D eigenvalue weighted by atomic mass is 9.95. The molecule has 1 fully saturated rings. The van der Waals surface area contributed by atoms with E-state index in [9.17, 15) is 4.79 Å². The predicted molar refractivity (Wildman–Crippen MR) is 161 cm³/mol. The maximum atomic E-state index is 12.2. The normalized spacial score (nSPS) is 17.7. The number of piperazine rings is 1. The Hall–Kier alpha value is -3.78. The second kappa shape index (κ2) is 12.2. The summed E-state index contributed by atoms with van der Waals surface area (Å²) in [5, 5.41) is 14.9. The molecule has 2 aromatic heterocycles. The molecule has 1 aromatic carbocycles. The number of nitrogens with zero attached hydrogens (tertiary/aromatic N) is 5. The van der Waals surface area contributed by atoms with Gasteiger partial charge in [-0.25, -0.2) is 4.98 Å². The Balaban J connectivity index is 1.24. The molecule has 1 unspecified atom stereocenters. The van der Waals surface area contributed by atoms with Crippen molar-refractivity contribution in [3.05, 3.63) is 77.7 Å². The van der Waals surface area contributed by atoms with Crippen LogP contribution < -0.4 is 15.1 Å². The molecule has 1 atom stereocenters. The molecule has 0 bridgehead atoms. The van der Waals surface area contributed by atoms with Gasteiger partial charge in [-0.2, -0.15) is 5.10 Å². The first-order chi connectivity index (χ1) is 19.3. The lowest BCUT2D eigenvalue weighted by Gasteiger charge is -2.36. The van der Waals surface area contributed by atoms with Crippen LogP contribution in [0.1, 0.15) is 44.9 Å². The highest BCUT2D eigenvalue weighted by Crippen LogP contribution is 2.30. The Kier molecular flexibility index (Phi) is 8.45. The van der Waals surface area contributed by atoms with E-state index in [0.717, 1.165) is 67.3 Å². The first-order valence-corrected chi connectivity index (χ1v) is 14.2. The maximum Gasteiger partial charge on any atom is 0.222 e. The molecule has 3 heterocycles. The van der Waals surface area contributed by atoms with Crippen LogP contribution in [0, 0.1) is 5.92 Å². The minimum atomic E-state index is -0.511. The number of rotatable bonds is 9. The van der Waals surface area contributed by atoms with Crippen LogP contribution in [0.3, 0.4) is 0 Å². The summed E-state index contributed by atoms with van der Waals surface area (Å²) in [5.74, 6) is 2.47. The van der Waals surface area contributed by atoms with Crippen LogP contribution in [-0.4, -0.2) is 61.0 Å². The van der Waals surface area contributed by atoms with Gasteiger partial charge in [-0.15, -0.1) is 5.10 Å². The zero-order valence-corrected chi connectivity index (χ0v) is 24.1. The Labute approximate surface area is 237 Å². The van der Waals surface area contributed by atoms with Crippen molar-refractivity contribution < 1.29 is 9.53 Å². The number of benzene rings is 1. The Morgan fingerprint density at radius 3 is 2.48 bits per heavy atom. The van der Waals surface area contributed by atoms with Crippen molar-refractivity contribution in [1.82, 2.24) is 20.5 Å². The number of anilines is 2. The Morgan fingerprint density at radius 1 is 1.05 bits per heavy atom.